The highest BCUT2D eigenvalue weighted by atomic mass is 35.5. The van der Waals surface area contributed by atoms with Crippen molar-refractivity contribution in [3.8, 4) is 0 Å². The monoisotopic (exact) mass is 216 g/mol. The lowest BCUT2D eigenvalue weighted by molar-refractivity contribution is 0.397. The Kier molecular flexibility index (Phi) is 4.45. The third kappa shape index (κ3) is 2.74. The first-order chi connectivity index (χ1) is 6.36. The summed E-state index contributed by atoms with van der Waals surface area (Å²) in [6.07, 6.45) is 2.94. The molecule has 0 bridgehead atoms. The van der Waals surface area contributed by atoms with E-state index in [2.05, 4.69) is 17.6 Å². The van der Waals surface area contributed by atoms with E-state index in [-0.39, 0.29) is 12.4 Å². The summed E-state index contributed by atoms with van der Waals surface area (Å²) in [5.74, 6) is 1.02. The van der Waals surface area contributed by atoms with Crippen LogP contribution >= 0.6 is 12.4 Å². The molecule has 0 amide bonds. The highest BCUT2D eigenvalue weighted by Gasteiger charge is 2.17. The minimum Gasteiger partial charge on any atom is -0.468 e. The third-order valence-corrected chi connectivity index (χ3v) is 2.52. The fraction of sp³-hybridized carbons (Fsp3) is 0.600. The molecule has 1 aromatic heterocycles. The van der Waals surface area contributed by atoms with Crippen molar-refractivity contribution in [3.05, 3.63) is 24.2 Å². The molecule has 2 N–H and O–H groups in total. The molecule has 0 aromatic carbocycles. The van der Waals surface area contributed by atoms with Crippen LogP contribution in [0, 0.1) is 0 Å². The van der Waals surface area contributed by atoms with Gasteiger partial charge in [-0.3, -0.25) is 0 Å². The first-order valence-corrected chi connectivity index (χ1v) is 4.86. The maximum atomic E-state index is 5.32. The van der Waals surface area contributed by atoms with Crippen LogP contribution in [-0.4, -0.2) is 19.1 Å². The zero-order valence-electron chi connectivity index (χ0n) is 8.32. The molecule has 2 rings (SSSR count). The van der Waals surface area contributed by atoms with Gasteiger partial charge in [0.25, 0.3) is 0 Å². The van der Waals surface area contributed by atoms with Crippen LogP contribution in [0.5, 0.6) is 0 Å². The average molecular weight is 217 g/mol. The Morgan fingerprint density at radius 2 is 2.50 bits per heavy atom. The molecular weight excluding hydrogens is 200 g/mol. The van der Waals surface area contributed by atoms with Crippen LogP contribution in [0.2, 0.25) is 0 Å². The molecule has 1 aromatic rings. The zero-order valence-corrected chi connectivity index (χ0v) is 9.14. The molecule has 1 saturated heterocycles. The van der Waals surface area contributed by atoms with Crippen LogP contribution in [0.15, 0.2) is 22.8 Å². The van der Waals surface area contributed by atoms with Gasteiger partial charge in [0, 0.05) is 12.6 Å². The quantitative estimate of drug-likeness (QED) is 0.808. The highest BCUT2D eigenvalue weighted by molar-refractivity contribution is 5.85. The minimum absolute atomic E-state index is 0. The summed E-state index contributed by atoms with van der Waals surface area (Å²) in [6, 6.07) is 4.86. The predicted molar refractivity (Wildman–Crippen MR) is 58.8 cm³/mol. The maximum absolute atomic E-state index is 5.32. The lowest BCUT2D eigenvalue weighted by atomic mass is 10.2. The molecule has 0 radical (unpaired) electrons. The molecule has 1 unspecified atom stereocenters. The third-order valence-electron chi connectivity index (χ3n) is 2.52. The van der Waals surface area contributed by atoms with Gasteiger partial charge in [-0.15, -0.1) is 12.4 Å². The molecule has 2 heterocycles. The van der Waals surface area contributed by atoms with Crippen LogP contribution in [0.3, 0.4) is 0 Å². The van der Waals surface area contributed by atoms with Crippen LogP contribution in [-0.2, 0) is 0 Å². The van der Waals surface area contributed by atoms with Gasteiger partial charge in [-0.05, 0) is 32.0 Å². The maximum Gasteiger partial charge on any atom is 0.120 e. The van der Waals surface area contributed by atoms with E-state index in [1.807, 2.05) is 12.1 Å². The summed E-state index contributed by atoms with van der Waals surface area (Å²) in [4.78, 5) is 0. The molecule has 80 valence electrons. The minimum atomic E-state index is 0. The van der Waals surface area contributed by atoms with Gasteiger partial charge < -0.3 is 15.1 Å². The Labute approximate surface area is 90.7 Å². The number of hydrogen-bond acceptors (Lipinski definition) is 3. The van der Waals surface area contributed by atoms with Gasteiger partial charge in [-0.2, -0.15) is 0 Å². The van der Waals surface area contributed by atoms with Crippen molar-refractivity contribution in [2.24, 2.45) is 0 Å². The summed E-state index contributed by atoms with van der Waals surface area (Å²) in [7, 11) is 0. The molecule has 3 nitrogen and oxygen atoms in total. The van der Waals surface area contributed by atoms with E-state index in [9.17, 15) is 0 Å². The average Bonchev–Trinajstić information content (AvgIpc) is 2.74. The number of rotatable bonds is 3. The normalized spacial score (nSPS) is 23.1. The van der Waals surface area contributed by atoms with Crippen molar-refractivity contribution in [2.45, 2.75) is 25.4 Å². The first kappa shape index (κ1) is 11.6. The van der Waals surface area contributed by atoms with Crippen LogP contribution in [0.1, 0.15) is 25.1 Å². The molecule has 14 heavy (non-hydrogen) atoms. The highest BCUT2D eigenvalue weighted by Crippen LogP contribution is 2.14. The van der Waals surface area contributed by atoms with E-state index >= 15 is 0 Å². The van der Waals surface area contributed by atoms with Crippen molar-refractivity contribution in [3.63, 3.8) is 0 Å². The van der Waals surface area contributed by atoms with E-state index in [1.165, 1.54) is 6.42 Å². The number of furan rings is 1. The Morgan fingerprint density at radius 3 is 3.07 bits per heavy atom. The molecule has 4 heteroatoms. The van der Waals surface area contributed by atoms with Crippen molar-refractivity contribution in [2.75, 3.05) is 13.1 Å². The predicted octanol–water partition coefficient (Wildman–Crippen LogP) is 1.71. The fourth-order valence-corrected chi connectivity index (χ4v) is 1.77. The van der Waals surface area contributed by atoms with Gasteiger partial charge in [0.1, 0.15) is 5.76 Å². The van der Waals surface area contributed by atoms with Gasteiger partial charge in [-0.1, -0.05) is 0 Å². The second-order valence-corrected chi connectivity index (χ2v) is 3.59. The van der Waals surface area contributed by atoms with E-state index in [0.29, 0.717) is 12.1 Å². The number of nitrogens with one attached hydrogen (secondary N) is 2. The second kappa shape index (κ2) is 5.39. The van der Waals surface area contributed by atoms with E-state index in [4.69, 9.17) is 4.42 Å². The molecule has 1 fully saturated rings. The summed E-state index contributed by atoms with van der Waals surface area (Å²) >= 11 is 0. The van der Waals surface area contributed by atoms with Crippen molar-refractivity contribution < 1.29 is 4.42 Å². The lowest BCUT2D eigenvalue weighted by Crippen LogP contribution is -2.32. The smallest absolute Gasteiger partial charge is 0.120 e. The van der Waals surface area contributed by atoms with Gasteiger partial charge in [0.15, 0.2) is 0 Å². The molecule has 1 aliphatic rings. The topological polar surface area (TPSA) is 37.2 Å². The SMILES string of the molecule is CC(N[C@H]1CCNC1)c1ccco1.Cl. The number of hydrogen-bond donors (Lipinski definition) is 2. The largest absolute Gasteiger partial charge is 0.468 e. The Morgan fingerprint density at radius 1 is 1.64 bits per heavy atom. The van der Waals surface area contributed by atoms with Gasteiger partial charge in [0.2, 0.25) is 0 Å². The Balaban J connectivity index is 0.000000980. The number of halogens is 1. The summed E-state index contributed by atoms with van der Waals surface area (Å²) in [5.41, 5.74) is 0. The first-order valence-electron chi connectivity index (χ1n) is 4.86. The van der Waals surface area contributed by atoms with Gasteiger partial charge in [-0.25, -0.2) is 0 Å². The Hall–Kier alpha value is -0.510. The standard InChI is InChI=1S/C10H16N2O.ClH/c1-8(10-3-2-6-13-10)12-9-4-5-11-7-9;/h2-3,6,8-9,11-12H,4-5,7H2,1H3;1H/t8?,9-;/m0./s1. The zero-order chi connectivity index (χ0) is 9.10. The van der Waals surface area contributed by atoms with Crippen LogP contribution < -0.4 is 10.6 Å². The summed E-state index contributed by atoms with van der Waals surface area (Å²) in [6.45, 7) is 4.34. The fourth-order valence-electron chi connectivity index (χ4n) is 1.77. The van der Waals surface area contributed by atoms with Crippen LogP contribution in [0.4, 0.5) is 0 Å². The molecule has 0 saturated carbocycles. The summed E-state index contributed by atoms with van der Waals surface area (Å²) in [5, 5.41) is 6.85. The molecule has 0 spiro atoms. The van der Waals surface area contributed by atoms with Crippen molar-refractivity contribution in [1.29, 1.82) is 0 Å². The van der Waals surface area contributed by atoms with E-state index < -0.39 is 0 Å². The van der Waals surface area contributed by atoms with Gasteiger partial charge >= 0.3 is 0 Å². The van der Waals surface area contributed by atoms with Gasteiger partial charge in [0.05, 0.1) is 12.3 Å². The molecule has 2 atom stereocenters. The lowest BCUT2D eigenvalue weighted by Gasteiger charge is -2.16. The molecule has 1 aliphatic heterocycles. The van der Waals surface area contributed by atoms with E-state index in [1.54, 1.807) is 6.26 Å². The molecule has 0 aliphatic carbocycles. The Bertz CT molecular complexity index is 245. The molecular formula is C10H17ClN2O. The van der Waals surface area contributed by atoms with Crippen molar-refractivity contribution in [1.82, 2.24) is 10.6 Å². The van der Waals surface area contributed by atoms with Crippen LogP contribution in [0.25, 0.3) is 0 Å². The van der Waals surface area contributed by atoms with Crippen molar-refractivity contribution >= 4 is 12.4 Å². The summed E-state index contributed by atoms with van der Waals surface area (Å²) < 4.78 is 5.32. The van der Waals surface area contributed by atoms with E-state index in [0.717, 1.165) is 18.8 Å². The second-order valence-electron chi connectivity index (χ2n) is 3.59.